The summed E-state index contributed by atoms with van der Waals surface area (Å²) in [5.74, 6) is 0.710. The maximum atomic E-state index is 5.24. The molecule has 0 saturated carbocycles. The quantitative estimate of drug-likeness (QED) is 0.185. The number of para-hydroxylation sites is 2. The summed E-state index contributed by atoms with van der Waals surface area (Å²) in [6.45, 7) is 0. The van der Waals surface area contributed by atoms with Gasteiger partial charge in [0.15, 0.2) is 5.82 Å². The smallest absolute Gasteiger partial charge is 0.160 e. The van der Waals surface area contributed by atoms with E-state index >= 15 is 0 Å². The highest BCUT2D eigenvalue weighted by Gasteiger charge is 2.16. The molecule has 7 aromatic carbocycles. The molecule has 0 unspecified atom stereocenters. The van der Waals surface area contributed by atoms with Crippen molar-refractivity contribution in [3.05, 3.63) is 176 Å². The van der Waals surface area contributed by atoms with Crippen molar-refractivity contribution in [1.29, 1.82) is 0 Å². The van der Waals surface area contributed by atoms with Crippen LogP contribution in [0.15, 0.2) is 176 Å². The molecule has 4 heteroatoms. The third kappa shape index (κ3) is 4.73. The summed E-state index contributed by atoms with van der Waals surface area (Å²) < 4.78 is 4.87. The number of hydrogen-bond acceptors (Lipinski definition) is 3. The van der Waals surface area contributed by atoms with Crippen molar-refractivity contribution in [3.63, 3.8) is 0 Å². The maximum Gasteiger partial charge on any atom is 0.160 e. The molecule has 234 valence electrons. The maximum absolute atomic E-state index is 5.24. The summed E-state index contributed by atoms with van der Waals surface area (Å²) in [5, 5.41) is 5.05. The van der Waals surface area contributed by atoms with Gasteiger partial charge in [-0.3, -0.25) is 0 Å². The van der Waals surface area contributed by atoms with Crippen LogP contribution in [0.5, 0.6) is 0 Å². The summed E-state index contributed by atoms with van der Waals surface area (Å²) in [4.78, 5) is 10.4. The van der Waals surface area contributed by atoms with Crippen LogP contribution in [0.1, 0.15) is 0 Å². The van der Waals surface area contributed by atoms with Crippen molar-refractivity contribution >= 4 is 53.3 Å². The zero-order chi connectivity index (χ0) is 33.0. The number of aromatic nitrogens is 3. The minimum atomic E-state index is 0.710. The molecule has 0 amide bonds. The number of hydrogen-bond donors (Lipinski definition) is 0. The van der Waals surface area contributed by atoms with E-state index in [1.165, 1.54) is 53.1 Å². The van der Waals surface area contributed by atoms with Crippen molar-refractivity contribution in [2.75, 3.05) is 0 Å². The van der Waals surface area contributed by atoms with Gasteiger partial charge in [0.1, 0.15) is 0 Å². The predicted molar refractivity (Wildman–Crippen MR) is 211 cm³/mol. The van der Waals surface area contributed by atoms with E-state index in [1.54, 1.807) is 0 Å². The molecule has 10 aromatic rings. The fraction of sp³-hybridized carbons (Fsp3) is 0. The molecule has 0 saturated heterocycles. The lowest BCUT2D eigenvalue weighted by Gasteiger charge is -2.12. The molecule has 0 atom stereocenters. The molecule has 0 fully saturated rings. The lowest BCUT2D eigenvalue weighted by molar-refractivity contribution is 1.17. The van der Waals surface area contributed by atoms with Crippen LogP contribution in [-0.2, 0) is 0 Å². The number of nitrogens with zero attached hydrogens (tertiary/aromatic N) is 3. The number of rotatable bonds is 5. The minimum absolute atomic E-state index is 0.710. The van der Waals surface area contributed by atoms with E-state index in [9.17, 15) is 0 Å². The average Bonchev–Trinajstić information content (AvgIpc) is 3.74. The fourth-order valence-corrected chi connectivity index (χ4v) is 8.46. The third-order valence-corrected chi connectivity index (χ3v) is 10.9. The first-order valence-corrected chi connectivity index (χ1v) is 17.6. The summed E-state index contributed by atoms with van der Waals surface area (Å²) in [6, 6.07) is 62.4. The van der Waals surface area contributed by atoms with Gasteiger partial charge >= 0.3 is 0 Å². The molecule has 0 aliphatic carbocycles. The Hall–Kier alpha value is -6.36. The van der Waals surface area contributed by atoms with Gasteiger partial charge in [-0.1, -0.05) is 140 Å². The van der Waals surface area contributed by atoms with Gasteiger partial charge in [0.2, 0.25) is 0 Å². The van der Waals surface area contributed by atoms with Crippen molar-refractivity contribution in [1.82, 2.24) is 14.5 Å². The Morgan fingerprint density at radius 2 is 0.960 bits per heavy atom. The van der Waals surface area contributed by atoms with Gasteiger partial charge in [-0.2, -0.15) is 0 Å². The summed E-state index contributed by atoms with van der Waals surface area (Å²) >= 11 is 1.83. The Kier molecular flexibility index (Phi) is 6.68. The van der Waals surface area contributed by atoms with Crippen LogP contribution in [0.25, 0.3) is 92.7 Å². The highest BCUT2D eigenvalue weighted by molar-refractivity contribution is 7.26. The second-order valence-electron chi connectivity index (χ2n) is 12.6. The Morgan fingerprint density at radius 3 is 1.70 bits per heavy atom. The van der Waals surface area contributed by atoms with Gasteiger partial charge in [0.05, 0.1) is 22.4 Å². The molecular formula is C46H29N3S. The molecule has 3 heterocycles. The lowest BCUT2D eigenvalue weighted by atomic mass is 10.0. The van der Waals surface area contributed by atoms with Gasteiger partial charge < -0.3 is 4.57 Å². The van der Waals surface area contributed by atoms with Crippen molar-refractivity contribution < 1.29 is 0 Å². The van der Waals surface area contributed by atoms with Gasteiger partial charge in [-0.05, 0) is 47.5 Å². The van der Waals surface area contributed by atoms with Gasteiger partial charge in [-0.15, -0.1) is 11.3 Å². The molecule has 0 spiro atoms. The lowest BCUT2D eigenvalue weighted by Crippen LogP contribution is -1.97. The molecule has 0 aliphatic heterocycles. The minimum Gasteiger partial charge on any atom is -0.309 e. The van der Waals surface area contributed by atoms with Crippen LogP contribution in [0.3, 0.4) is 0 Å². The van der Waals surface area contributed by atoms with E-state index in [4.69, 9.17) is 9.97 Å². The van der Waals surface area contributed by atoms with Gasteiger partial charge in [-0.25, -0.2) is 9.97 Å². The zero-order valence-corrected chi connectivity index (χ0v) is 27.8. The number of benzene rings is 7. The van der Waals surface area contributed by atoms with E-state index in [2.05, 4.69) is 174 Å². The standard InChI is InChI=1S/C46H29N3S/c1-2-11-30(12-3-1)31-21-23-33(24-22-31)46-47-40(29-41(48-46)39-17-10-16-38-37-15-6-9-20-44(37)50-45(38)39)32-25-27-34(28-26-32)49-42-18-7-4-13-35(42)36-14-5-8-19-43(36)49/h1-29H. The molecular weight excluding hydrogens is 627 g/mol. The Balaban J connectivity index is 1.13. The van der Waals surface area contributed by atoms with Crippen LogP contribution in [0.2, 0.25) is 0 Å². The topological polar surface area (TPSA) is 30.7 Å². The van der Waals surface area contributed by atoms with E-state index < -0.39 is 0 Å². The Bertz CT molecular complexity index is 2790. The first kappa shape index (κ1) is 28.6. The molecule has 0 radical (unpaired) electrons. The number of fused-ring (bicyclic) bond motifs is 6. The highest BCUT2D eigenvalue weighted by atomic mass is 32.1. The first-order valence-electron chi connectivity index (χ1n) is 16.8. The number of thiophene rings is 1. The second-order valence-corrected chi connectivity index (χ2v) is 13.7. The molecule has 0 bridgehead atoms. The Morgan fingerprint density at radius 1 is 0.400 bits per heavy atom. The molecule has 3 aromatic heterocycles. The molecule has 10 rings (SSSR count). The fourth-order valence-electron chi connectivity index (χ4n) is 7.24. The van der Waals surface area contributed by atoms with E-state index in [0.29, 0.717) is 5.82 Å². The zero-order valence-electron chi connectivity index (χ0n) is 27.0. The van der Waals surface area contributed by atoms with Crippen LogP contribution in [0.4, 0.5) is 0 Å². The van der Waals surface area contributed by atoms with Gasteiger partial charge in [0.25, 0.3) is 0 Å². The van der Waals surface area contributed by atoms with E-state index in [1.807, 2.05) is 17.4 Å². The SMILES string of the molecule is c1ccc(-c2ccc(-c3nc(-c4ccc(-n5c6ccccc6c6ccccc65)cc4)cc(-c4cccc5c4sc4ccccc45)n3)cc2)cc1. The van der Waals surface area contributed by atoms with Crippen LogP contribution in [-0.4, -0.2) is 14.5 Å². The third-order valence-electron chi connectivity index (χ3n) is 9.66. The van der Waals surface area contributed by atoms with Crippen molar-refractivity contribution in [3.8, 4) is 50.7 Å². The van der Waals surface area contributed by atoms with Crippen LogP contribution >= 0.6 is 11.3 Å². The predicted octanol–water partition coefficient (Wildman–Crippen LogP) is 12.6. The highest BCUT2D eigenvalue weighted by Crippen LogP contribution is 2.41. The average molecular weight is 656 g/mol. The van der Waals surface area contributed by atoms with Crippen LogP contribution in [0, 0.1) is 0 Å². The summed E-state index contributed by atoms with van der Waals surface area (Å²) in [6.07, 6.45) is 0. The van der Waals surface area contributed by atoms with E-state index in [-0.39, 0.29) is 0 Å². The van der Waals surface area contributed by atoms with Crippen molar-refractivity contribution in [2.24, 2.45) is 0 Å². The van der Waals surface area contributed by atoms with Crippen molar-refractivity contribution in [2.45, 2.75) is 0 Å². The molecule has 50 heavy (non-hydrogen) atoms. The molecule has 0 N–H and O–H groups in total. The Labute approximate surface area is 293 Å². The first-order chi connectivity index (χ1) is 24.8. The summed E-state index contributed by atoms with van der Waals surface area (Å²) in [7, 11) is 0. The van der Waals surface area contributed by atoms with Crippen LogP contribution < -0.4 is 0 Å². The van der Waals surface area contributed by atoms with E-state index in [0.717, 1.165) is 33.8 Å². The monoisotopic (exact) mass is 655 g/mol. The molecule has 3 nitrogen and oxygen atoms in total. The largest absolute Gasteiger partial charge is 0.309 e. The normalized spacial score (nSPS) is 11.6. The summed E-state index contributed by atoms with van der Waals surface area (Å²) in [5.41, 5.74) is 10.8. The second kappa shape index (κ2) is 11.7. The van der Waals surface area contributed by atoms with Gasteiger partial charge in [0, 0.05) is 53.3 Å². The molecule has 0 aliphatic rings.